The molecule has 9 heteroatoms. The van der Waals surface area contributed by atoms with Crippen LogP contribution in [0.2, 0.25) is 0 Å². The van der Waals surface area contributed by atoms with Crippen LogP contribution < -0.4 is 5.32 Å². The van der Waals surface area contributed by atoms with Gasteiger partial charge in [-0.25, -0.2) is 9.98 Å². The molecule has 1 amide bonds. The van der Waals surface area contributed by atoms with Crippen molar-refractivity contribution >= 4 is 28.7 Å². The third kappa shape index (κ3) is 1.84. The zero-order valence-corrected chi connectivity index (χ0v) is 10.8. The second-order valence-corrected chi connectivity index (χ2v) is 5.31. The van der Waals surface area contributed by atoms with E-state index in [9.17, 15) is 18.0 Å². The van der Waals surface area contributed by atoms with E-state index in [1.54, 1.807) is 6.07 Å². The van der Waals surface area contributed by atoms with Crippen LogP contribution in [0.4, 0.5) is 19.0 Å². The number of hydrogen-bond donors (Lipinski definition) is 1. The number of carbonyl (C=O) groups is 1. The van der Waals surface area contributed by atoms with Crippen molar-refractivity contribution in [2.75, 3.05) is 17.6 Å². The Hall–Kier alpha value is -1.77. The van der Waals surface area contributed by atoms with E-state index in [0.717, 1.165) is 16.7 Å². The van der Waals surface area contributed by atoms with Gasteiger partial charge in [-0.15, -0.1) is 0 Å². The van der Waals surface area contributed by atoms with E-state index in [2.05, 4.69) is 15.3 Å². The molecule has 0 unspecified atom stereocenters. The lowest BCUT2D eigenvalue weighted by atomic mass is 10.1. The van der Waals surface area contributed by atoms with E-state index in [1.807, 2.05) is 0 Å². The molecule has 0 spiro atoms. The highest BCUT2D eigenvalue weighted by atomic mass is 32.2. The van der Waals surface area contributed by atoms with Crippen molar-refractivity contribution in [2.24, 2.45) is 4.99 Å². The van der Waals surface area contributed by atoms with Crippen molar-refractivity contribution in [1.29, 1.82) is 0 Å². The van der Waals surface area contributed by atoms with Crippen molar-refractivity contribution < 1.29 is 18.0 Å². The van der Waals surface area contributed by atoms with Crippen LogP contribution in [0.15, 0.2) is 29.4 Å². The maximum atomic E-state index is 13.4. The van der Waals surface area contributed by atoms with Crippen molar-refractivity contribution in [1.82, 2.24) is 9.88 Å². The predicted molar refractivity (Wildman–Crippen MR) is 68.3 cm³/mol. The number of alkyl halides is 3. The van der Waals surface area contributed by atoms with Crippen LogP contribution in [0, 0.1) is 0 Å². The minimum absolute atomic E-state index is 0.0475. The summed E-state index contributed by atoms with van der Waals surface area (Å²) in [5.41, 5.74) is -2.97. The summed E-state index contributed by atoms with van der Waals surface area (Å²) < 4.78 is 40.2. The molecule has 0 radical (unpaired) electrons. The number of pyridine rings is 1. The first kappa shape index (κ1) is 13.2. The second kappa shape index (κ2) is 4.37. The number of anilines is 1. The Kier molecular flexibility index (Phi) is 2.89. The molecule has 106 valence electrons. The average molecular weight is 302 g/mol. The Morgan fingerprint density at radius 3 is 2.80 bits per heavy atom. The van der Waals surface area contributed by atoms with Gasteiger partial charge < -0.3 is 5.32 Å². The first-order valence-corrected chi connectivity index (χ1v) is 6.73. The molecule has 1 atom stereocenters. The van der Waals surface area contributed by atoms with Gasteiger partial charge in [-0.05, 0) is 12.1 Å². The molecule has 3 rings (SSSR count). The lowest BCUT2D eigenvalue weighted by Crippen LogP contribution is -2.57. The molecule has 0 saturated carbocycles. The second-order valence-electron chi connectivity index (χ2n) is 4.25. The fourth-order valence-corrected chi connectivity index (χ4v) is 3.02. The Balaban J connectivity index is 2.03. The minimum atomic E-state index is -4.85. The quantitative estimate of drug-likeness (QED) is 0.903. The molecule has 2 aliphatic rings. The molecule has 0 aromatic carbocycles. The molecule has 1 aromatic heterocycles. The fourth-order valence-electron chi connectivity index (χ4n) is 2.03. The van der Waals surface area contributed by atoms with Crippen molar-refractivity contribution in [2.45, 2.75) is 11.8 Å². The first-order valence-electron chi connectivity index (χ1n) is 5.75. The molecule has 1 saturated heterocycles. The number of fused-ring (bicyclic) bond motifs is 1. The SMILES string of the molecule is O=C1N2CCSC2=N[C@]1(Nc1ccccn1)C(F)(F)F. The van der Waals surface area contributed by atoms with Gasteiger partial charge in [-0.3, -0.25) is 9.69 Å². The van der Waals surface area contributed by atoms with Crippen LogP contribution in [0.25, 0.3) is 0 Å². The Bertz CT molecular complexity index is 577. The first-order chi connectivity index (χ1) is 9.44. The number of halogens is 3. The van der Waals surface area contributed by atoms with E-state index in [0.29, 0.717) is 5.75 Å². The van der Waals surface area contributed by atoms with E-state index < -0.39 is 17.7 Å². The number of rotatable bonds is 2. The topological polar surface area (TPSA) is 57.6 Å². The van der Waals surface area contributed by atoms with E-state index >= 15 is 0 Å². The van der Waals surface area contributed by atoms with Gasteiger partial charge in [-0.2, -0.15) is 13.2 Å². The Labute approximate surface area is 116 Å². The number of nitrogens with one attached hydrogen (secondary N) is 1. The van der Waals surface area contributed by atoms with Crippen LogP contribution in [-0.2, 0) is 4.79 Å². The number of hydrogen-bond acceptors (Lipinski definition) is 5. The van der Waals surface area contributed by atoms with Gasteiger partial charge in [0.2, 0.25) is 0 Å². The summed E-state index contributed by atoms with van der Waals surface area (Å²) in [6, 6.07) is 4.46. The summed E-state index contributed by atoms with van der Waals surface area (Å²) in [6.07, 6.45) is -3.51. The summed E-state index contributed by atoms with van der Waals surface area (Å²) in [4.78, 5) is 20.6. The standard InChI is InChI=1S/C11H9F3N4OS/c12-11(13,14)10(16-7-3-1-2-4-15-7)8(19)18-5-6-20-9(18)17-10/h1-4H,5-6H2,(H,15,16)/t10-/m0/s1. The highest BCUT2D eigenvalue weighted by Crippen LogP contribution is 2.42. The monoisotopic (exact) mass is 302 g/mol. The van der Waals surface area contributed by atoms with Gasteiger partial charge in [0.25, 0.3) is 5.91 Å². The number of amidine groups is 1. The van der Waals surface area contributed by atoms with Gasteiger partial charge in [0, 0.05) is 18.5 Å². The summed E-state index contributed by atoms with van der Waals surface area (Å²) in [5, 5.41) is 2.25. The number of aliphatic imine (C=N–C) groups is 1. The summed E-state index contributed by atoms with van der Waals surface area (Å²) >= 11 is 1.14. The lowest BCUT2D eigenvalue weighted by Gasteiger charge is -2.29. The normalized spacial score (nSPS) is 25.6. The largest absolute Gasteiger partial charge is 0.442 e. The fraction of sp³-hybridized carbons (Fsp3) is 0.364. The molecule has 1 fully saturated rings. The van der Waals surface area contributed by atoms with Gasteiger partial charge in [-0.1, -0.05) is 17.8 Å². The minimum Gasteiger partial charge on any atom is -0.331 e. The van der Waals surface area contributed by atoms with Gasteiger partial charge in [0.15, 0.2) is 5.17 Å². The van der Waals surface area contributed by atoms with E-state index in [-0.39, 0.29) is 17.5 Å². The molecule has 20 heavy (non-hydrogen) atoms. The van der Waals surface area contributed by atoms with Crippen LogP contribution in [0.1, 0.15) is 0 Å². The Morgan fingerprint density at radius 2 is 2.20 bits per heavy atom. The zero-order valence-electron chi connectivity index (χ0n) is 10.0. The average Bonchev–Trinajstić information content (AvgIpc) is 2.93. The molecule has 1 N–H and O–H groups in total. The molecule has 3 heterocycles. The third-order valence-corrected chi connectivity index (χ3v) is 3.94. The van der Waals surface area contributed by atoms with E-state index in [4.69, 9.17) is 0 Å². The summed E-state index contributed by atoms with van der Waals surface area (Å²) in [7, 11) is 0. The smallest absolute Gasteiger partial charge is 0.331 e. The molecular formula is C11H9F3N4OS. The van der Waals surface area contributed by atoms with Crippen molar-refractivity contribution in [3.63, 3.8) is 0 Å². The predicted octanol–water partition coefficient (Wildman–Crippen LogP) is 1.70. The van der Waals surface area contributed by atoms with Crippen LogP contribution in [0.3, 0.4) is 0 Å². The van der Waals surface area contributed by atoms with Crippen LogP contribution >= 0.6 is 11.8 Å². The molecular weight excluding hydrogens is 293 g/mol. The van der Waals surface area contributed by atoms with Gasteiger partial charge in [0.1, 0.15) is 5.82 Å². The van der Waals surface area contributed by atoms with Crippen LogP contribution in [0.5, 0.6) is 0 Å². The molecule has 5 nitrogen and oxygen atoms in total. The van der Waals surface area contributed by atoms with E-state index in [1.165, 1.54) is 18.3 Å². The highest BCUT2D eigenvalue weighted by molar-refractivity contribution is 8.14. The Morgan fingerprint density at radius 1 is 1.40 bits per heavy atom. The van der Waals surface area contributed by atoms with Crippen LogP contribution in [-0.4, -0.2) is 45.1 Å². The number of aromatic nitrogens is 1. The number of amides is 1. The van der Waals surface area contributed by atoms with Crippen molar-refractivity contribution in [3.8, 4) is 0 Å². The van der Waals surface area contributed by atoms with Crippen molar-refractivity contribution in [3.05, 3.63) is 24.4 Å². The number of thioether (sulfide) groups is 1. The highest BCUT2D eigenvalue weighted by Gasteiger charge is 2.67. The third-order valence-electron chi connectivity index (χ3n) is 2.98. The van der Waals surface area contributed by atoms with Gasteiger partial charge >= 0.3 is 11.8 Å². The maximum Gasteiger partial charge on any atom is 0.442 e. The molecule has 2 aliphatic heterocycles. The molecule has 1 aromatic rings. The summed E-state index contributed by atoms with van der Waals surface area (Å²) in [5.74, 6) is -0.591. The molecule has 0 aliphatic carbocycles. The summed E-state index contributed by atoms with van der Waals surface area (Å²) in [6.45, 7) is 0.240. The maximum absolute atomic E-state index is 13.4. The zero-order chi connectivity index (χ0) is 14.4. The number of nitrogens with zero attached hydrogens (tertiary/aromatic N) is 3. The lowest BCUT2D eigenvalue weighted by molar-refractivity contribution is -0.185. The number of carbonyl (C=O) groups excluding carboxylic acids is 1. The molecule has 0 bridgehead atoms. The van der Waals surface area contributed by atoms with Gasteiger partial charge in [0.05, 0.1) is 0 Å².